The molecule has 3 rings (SSSR count). The van der Waals surface area contributed by atoms with Gasteiger partial charge in [0.1, 0.15) is 5.75 Å². The molecular weight excluding hydrogens is 540 g/mol. The van der Waals surface area contributed by atoms with Crippen LogP contribution in [-0.4, -0.2) is 38.8 Å². The lowest BCUT2D eigenvalue weighted by Gasteiger charge is -2.22. The van der Waals surface area contributed by atoms with E-state index in [1.54, 1.807) is 24.3 Å². The van der Waals surface area contributed by atoms with Gasteiger partial charge >= 0.3 is 6.18 Å². The number of rotatable bonds is 9. The zero-order chi connectivity index (χ0) is 26.5. The molecule has 12 heteroatoms. The molecule has 0 atom stereocenters. The van der Waals surface area contributed by atoms with E-state index in [9.17, 15) is 26.4 Å². The lowest BCUT2D eigenvalue weighted by molar-refractivity contribution is -0.137. The first-order valence-corrected chi connectivity index (χ1v) is 12.7. The van der Waals surface area contributed by atoms with E-state index in [4.69, 9.17) is 27.9 Å². The fourth-order valence-electron chi connectivity index (χ4n) is 3.29. The Morgan fingerprint density at radius 3 is 2.31 bits per heavy atom. The van der Waals surface area contributed by atoms with Crippen LogP contribution in [0.5, 0.6) is 5.75 Å². The highest BCUT2D eigenvalue weighted by Gasteiger charge is 2.32. The summed E-state index contributed by atoms with van der Waals surface area (Å²) in [5.74, 6) is -0.601. The van der Waals surface area contributed by atoms with Crippen molar-refractivity contribution in [1.82, 2.24) is 4.31 Å². The third kappa shape index (κ3) is 6.91. The molecule has 0 aliphatic carbocycles. The summed E-state index contributed by atoms with van der Waals surface area (Å²) in [7, 11) is -2.85. The lowest BCUT2D eigenvalue weighted by atomic mass is 10.1. The number of carbonyl (C=O) groups excluding carboxylic acids is 1. The van der Waals surface area contributed by atoms with Crippen LogP contribution >= 0.6 is 23.2 Å². The first-order chi connectivity index (χ1) is 16.9. The Morgan fingerprint density at radius 1 is 1.00 bits per heavy atom. The van der Waals surface area contributed by atoms with E-state index in [-0.39, 0.29) is 39.3 Å². The number of methoxy groups -OCH3 is 1. The highest BCUT2D eigenvalue weighted by molar-refractivity contribution is 7.89. The number of sulfonamides is 1. The number of nitrogens with zero attached hydrogens (tertiary/aromatic N) is 1. The van der Waals surface area contributed by atoms with Gasteiger partial charge in [-0.2, -0.15) is 17.5 Å². The first-order valence-electron chi connectivity index (χ1n) is 10.5. The van der Waals surface area contributed by atoms with Gasteiger partial charge in [-0.3, -0.25) is 4.79 Å². The molecule has 3 aromatic rings. The summed E-state index contributed by atoms with van der Waals surface area (Å²) in [6, 6.07) is 15.3. The van der Waals surface area contributed by atoms with Gasteiger partial charge in [0, 0.05) is 6.54 Å². The van der Waals surface area contributed by atoms with Crippen molar-refractivity contribution in [3.8, 4) is 5.75 Å². The fourth-order valence-corrected chi connectivity index (χ4v) is 5.20. The smallest absolute Gasteiger partial charge is 0.416 e. The second-order valence-corrected chi connectivity index (χ2v) is 10.4. The molecule has 0 bridgehead atoms. The molecular formula is C24H21Cl2F3N2O4S. The molecule has 0 saturated heterocycles. The molecule has 1 amide bonds. The van der Waals surface area contributed by atoms with Crippen molar-refractivity contribution >= 4 is 44.8 Å². The fraction of sp³-hybridized carbons (Fsp3) is 0.208. The van der Waals surface area contributed by atoms with Crippen LogP contribution < -0.4 is 10.1 Å². The number of nitrogens with one attached hydrogen (secondary N) is 1. The van der Waals surface area contributed by atoms with E-state index in [1.807, 2.05) is 6.07 Å². The van der Waals surface area contributed by atoms with E-state index in [0.717, 1.165) is 22.0 Å². The van der Waals surface area contributed by atoms with Crippen molar-refractivity contribution in [2.45, 2.75) is 17.5 Å². The summed E-state index contributed by atoms with van der Waals surface area (Å²) in [4.78, 5) is 12.6. The van der Waals surface area contributed by atoms with Crippen molar-refractivity contribution in [2.75, 3.05) is 25.5 Å². The summed E-state index contributed by atoms with van der Waals surface area (Å²) in [5.41, 5.74) is -0.472. The molecule has 0 aliphatic heterocycles. The molecule has 0 unspecified atom stereocenters. The molecule has 3 aromatic carbocycles. The third-order valence-corrected chi connectivity index (χ3v) is 7.61. The maximum Gasteiger partial charge on any atom is 0.416 e. The highest BCUT2D eigenvalue weighted by atomic mass is 35.5. The van der Waals surface area contributed by atoms with Crippen LogP contribution in [0.15, 0.2) is 71.6 Å². The third-order valence-electron chi connectivity index (χ3n) is 5.14. The summed E-state index contributed by atoms with van der Waals surface area (Å²) in [5, 5.41) is 2.21. The van der Waals surface area contributed by atoms with Gasteiger partial charge in [0.2, 0.25) is 15.9 Å². The van der Waals surface area contributed by atoms with Crippen molar-refractivity contribution in [1.29, 1.82) is 0 Å². The van der Waals surface area contributed by atoms with Gasteiger partial charge in [-0.15, -0.1) is 0 Å². The minimum absolute atomic E-state index is 0.0572. The van der Waals surface area contributed by atoms with Crippen molar-refractivity contribution in [3.05, 3.63) is 87.9 Å². The Labute approximate surface area is 216 Å². The van der Waals surface area contributed by atoms with Crippen LogP contribution in [-0.2, 0) is 27.4 Å². The van der Waals surface area contributed by atoms with Crippen LogP contribution in [0.2, 0.25) is 10.0 Å². The SMILES string of the molecule is COc1ccc(S(=O)(=O)N(CCc2ccccc2)CC(=O)Nc2cc(C(F)(F)F)ccc2Cl)cc1Cl. The molecule has 0 fully saturated rings. The zero-order valence-electron chi connectivity index (χ0n) is 18.9. The summed E-state index contributed by atoms with van der Waals surface area (Å²) >= 11 is 12.1. The van der Waals surface area contributed by atoms with Gasteiger partial charge in [-0.1, -0.05) is 53.5 Å². The molecule has 192 valence electrons. The van der Waals surface area contributed by atoms with Gasteiger partial charge in [0.05, 0.1) is 39.8 Å². The lowest BCUT2D eigenvalue weighted by Crippen LogP contribution is -2.39. The van der Waals surface area contributed by atoms with Crippen LogP contribution in [0.3, 0.4) is 0 Å². The molecule has 0 heterocycles. The molecule has 0 radical (unpaired) electrons. The maximum atomic E-state index is 13.4. The normalized spacial score (nSPS) is 12.0. The molecule has 1 N–H and O–H groups in total. The summed E-state index contributed by atoms with van der Waals surface area (Å²) in [6.07, 6.45) is -4.37. The average Bonchev–Trinajstić information content (AvgIpc) is 2.82. The van der Waals surface area contributed by atoms with Crippen LogP contribution in [0, 0.1) is 0 Å². The number of alkyl halides is 3. The molecule has 0 saturated carbocycles. The number of carbonyl (C=O) groups is 1. The second kappa shape index (κ2) is 11.5. The van der Waals surface area contributed by atoms with Crippen LogP contribution in [0.4, 0.5) is 18.9 Å². The summed E-state index contributed by atoms with van der Waals surface area (Å²) in [6.45, 7) is -0.759. The van der Waals surface area contributed by atoms with Crippen molar-refractivity contribution < 1.29 is 31.1 Å². The number of ether oxygens (including phenoxy) is 1. The Hall–Kier alpha value is -2.79. The number of hydrogen-bond acceptors (Lipinski definition) is 4. The zero-order valence-corrected chi connectivity index (χ0v) is 21.2. The Kier molecular flexibility index (Phi) is 8.89. The average molecular weight is 561 g/mol. The predicted molar refractivity (Wildman–Crippen MR) is 132 cm³/mol. The number of anilines is 1. The van der Waals surface area contributed by atoms with E-state index in [0.29, 0.717) is 6.07 Å². The number of amides is 1. The molecule has 0 aliphatic rings. The van der Waals surface area contributed by atoms with E-state index < -0.39 is 34.2 Å². The molecule has 0 spiro atoms. The largest absolute Gasteiger partial charge is 0.495 e. The van der Waals surface area contributed by atoms with Gasteiger partial charge in [-0.25, -0.2) is 8.42 Å². The molecule has 36 heavy (non-hydrogen) atoms. The van der Waals surface area contributed by atoms with Crippen molar-refractivity contribution in [3.63, 3.8) is 0 Å². The highest BCUT2D eigenvalue weighted by Crippen LogP contribution is 2.34. The monoisotopic (exact) mass is 560 g/mol. The predicted octanol–water partition coefficient (Wildman–Crippen LogP) is 5.89. The Balaban J connectivity index is 1.88. The van der Waals surface area contributed by atoms with E-state index >= 15 is 0 Å². The van der Waals surface area contributed by atoms with Gasteiger partial charge in [0.15, 0.2) is 0 Å². The quantitative estimate of drug-likeness (QED) is 0.354. The summed E-state index contributed by atoms with van der Waals surface area (Å²) < 4.78 is 72.0. The minimum atomic E-state index is -4.65. The number of halogens is 5. The van der Waals surface area contributed by atoms with Gasteiger partial charge in [-0.05, 0) is 48.4 Å². The molecule has 0 aromatic heterocycles. The molecule has 6 nitrogen and oxygen atoms in total. The van der Waals surface area contributed by atoms with E-state index in [1.165, 1.54) is 25.3 Å². The Morgan fingerprint density at radius 2 is 1.69 bits per heavy atom. The minimum Gasteiger partial charge on any atom is -0.495 e. The number of benzene rings is 3. The van der Waals surface area contributed by atoms with Crippen LogP contribution in [0.1, 0.15) is 11.1 Å². The van der Waals surface area contributed by atoms with E-state index in [2.05, 4.69) is 5.32 Å². The second-order valence-electron chi connectivity index (χ2n) is 7.61. The standard InChI is InChI=1S/C24H21Cl2F3N2O4S/c1-35-22-10-8-18(14-20(22)26)36(33,34)31(12-11-16-5-3-2-4-6-16)15-23(32)30-21-13-17(24(27,28)29)7-9-19(21)25/h2-10,13-14H,11-12,15H2,1H3,(H,30,32). The topological polar surface area (TPSA) is 75.7 Å². The first kappa shape index (κ1) is 27.8. The van der Waals surface area contributed by atoms with Crippen molar-refractivity contribution in [2.24, 2.45) is 0 Å². The maximum absolute atomic E-state index is 13.4. The van der Waals surface area contributed by atoms with Crippen LogP contribution in [0.25, 0.3) is 0 Å². The van der Waals surface area contributed by atoms with Gasteiger partial charge in [0.25, 0.3) is 0 Å². The van der Waals surface area contributed by atoms with Gasteiger partial charge < -0.3 is 10.1 Å². The number of hydrogen-bond donors (Lipinski definition) is 1. The Bertz CT molecular complexity index is 1340.